The van der Waals surface area contributed by atoms with Crippen molar-refractivity contribution < 1.29 is 0 Å². The third kappa shape index (κ3) is 3.22. The molecule has 0 saturated heterocycles. The van der Waals surface area contributed by atoms with Gasteiger partial charge in [0.2, 0.25) is 0 Å². The number of hydrogen-bond acceptors (Lipinski definition) is 2. The molecule has 42 heavy (non-hydrogen) atoms. The molecule has 9 rings (SSSR count). The molecule has 0 bridgehead atoms. The van der Waals surface area contributed by atoms with Crippen LogP contribution in [0.4, 0.5) is 0 Å². The Balaban J connectivity index is 1.35. The second-order valence-corrected chi connectivity index (χ2v) is 13.0. The number of aromatic nitrogens is 1. The van der Waals surface area contributed by atoms with Crippen molar-refractivity contribution in [2.24, 2.45) is 0 Å². The molecule has 0 radical (unpaired) electrons. The van der Waals surface area contributed by atoms with Crippen molar-refractivity contribution in [3.05, 3.63) is 139 Å². The van der Waals surface area contributed by atoms with Gasteiger partial charge < -0.3 is 0 Å². The summed E-state index contributed by atoms with van der Waals surface area (Å²) in [7, 11) is 0. The van der Waals surface area contributed by atoms with E-state index < -0.39 is 0 Å². The van der Waals surface area contributed by atoms with Gasteiger partial charge in [-0.1, -0.05) is 123 Å². The quantitative estimate of drug-likeness (QED) is 0.194. The van der Waals surface area contributed by atoms with Crippen molar-refractivity contribution in [3.8, 4) is 33.5 Å². The second kappa shape index (κ2) is 8.61. The molecule has 198 valence electrons. The van der Waals surface area contributed by atoms with Gasteiger partial charge in [-0.15, -0.1) is 11.3 Å². The molecule has 0 amide bonds. The Labute approximate surface area is 248 Å². The largest absolute Gasteiger partial charge is 0.247 e. The van der Waals surface area contributed by atoms with Crippen LogP contribution in [0.5, 0.6) is 0 Å². The van der Waals surface area contributed by atoms with Gasteiger partial charge in [-0.2, -0.15) is 0 Å². The molecule has 0 N–H and O–H groups in total. The molecule has 0 unspecified atom stereocenters. The van der Waals surface area contributed by atoms with Gasteiger partial charge in [0.1, 0.15) is 0 Å². The maximum Gasteiger partial charge on any atom is 0.0791 e. The molecule has 1 aliphatic carbocycles. The van der Waals surface area contributed by atoms with Gasteiger partial charge in [-0.05, 0) is 57.0 Å². The number of pyridine rings is 1. The molecule has 2 heterocycles. The maximum atomic E-state index is 5.41. The molecule has 6 aromatic carbocycles. The fourth-order valence-corrected chi connectivity index (χ4v) is 8.58. The Morgan fingerprint density at radius 3 is 2.19 bits per heavy atom. The van der Waals surface area contributed by atoms with Crippen molar-refractivity contribution in [3.63, 3.8) is 0 Å². The minimum atomic E-state index is -0.134. The molecular formula is C40H27NS. The Morgan fingerprint density at radius 2 is 1.26 bits per heavy atom. The third-order valence-corrected chi connectivity index (χ3v) is 10.5. The third-order valence-electron chi connectivity index (χ3n) is 9.24. The summed E-state index contributed by atoms with van der Waals surface area (Å²) in [5.74, 6) is 0. The van der Waals surface area contributed by atoms with Crippen LogP contribution < -0.4 is 0 Å². The van der Waals surface area contributed by atoms with Crippen LogP contribution in [0.25, 0.3) is 75.4 Å². The highest BCUT2D eigenvalue weighted by molar-refractivity contribution is 7.26. The van der Waals surface area contributed by atoms with Crippen LogP contribution in [0.3, 0.4) is 0 Å². The van der Waals surface area contributed by atoms with E-state index in [1.165, 1.54) is 69.7 Å². The number of para-hydroxylation sites is 1. The molecular weight excluding hydrogens is 527 g/mol. The van der Waals surface area contributed by atoms with Crippen molar-refractivity contribution in [2.45, 2.75) is 19.3 Å². The van der Waals surface area contributed by atoms with Crippen molar-refractivity contribution in [1.29, 1.82) is 0 Å². The molecule has 0 fully saturated rings. The maximum absolute atomic E-state index is 5.41. The minimum Gasteiger partial charge on any atom is -0.247 e. The van der Waals surface area contributed by atoms with Crippen LogP contribution >= 0.6 is 11.3 Å². The molecule has 2 aromatic heterocycles. The normalized spacial score (nSPS) is 13.7. The zero-order valence-corrected chi connectivity index (χ0v) is 24.3. The monoisotopic (exact) mass is 553 g/mol. The summed E-state index contributed by atoms with van der Waals surface area (Å²) in [5, 5.41) is 6.40. The van der Waals surface area contributed by atoms with E-state index in [4.69, 9.17) is 4.98 Å². The Bertz CT molecular complexity index is 2390. The van der Waals surface area contributed by atoms with Crippen molar-refractivity contribution in [1.82, 2.24) is 4.98 Å². The molecule has 1 aliphatic rings. The van der Waals surface area contributed by atoms with Crippen molar-refractivity contribution in [2.75, 3.05) is 0 Å². The number of thiophene rings is 1. The zero-order chi connectivity index (χ0) is 28.0. The predicted molar refractivity (Wildman–Crippen MR) is 181 cm³/mol. The van der Waals surface area contributed by atoms with Gasteiger partial charge in [0.15, 0.2) is 0 Å². The molecule has 1 nitrogen and oxygen atoms in total. The number of nitrogens with zero attached hydrogens (tertiary/aromatic N) is 1. The van der Waals surface area contributed by atoms with Crippen LogP contribution in [0.1, 0.15) is 25.0 Å². The molecule has 2 heteroatoms. The van der Waals surface area contributed by atoms with Gasteiger partial charge in [0.25, 0.3) is 0 Å². The fourth-order valence-electron chi connectivity index (χ4n) is 7.34. The highest BCUT2D eigenvalue weighted by Gasteiger charge is 2.37. The molecule has 0 spiro atoms. The van der Waals surface area contributed by atoms with E-state index in [1.54, 1.807) is 0 Å². The van der Waals surface area contributed by atoms with E-state index >= 15 is 0 Å². The van der Waals surface area contributed by atoms with E-state index in [1.807, 2.05) is 11.3 Å². The lowest BCUT2D eigenvalue weighted by Crippen LogP contribution is -2.16. The summed E-state index contributed by atoms with van der Waals surface area (Å²) < 4.78 is 2.67. The Morgan fingerprint density at radius 1 is 0.548 bits per heavy atom. The van der Waals surface area contributed by atoms with Gasteiger partial charge in [-0.3, -0.25) is 0 Å². The number of rotatable bonds is 2. The zero-order valence-electron chi connectivity index (χ0n) is 23.5. The lowest BCUT2D eigenvalue weighted by atomic mass is 9.79. The lowest BCUT2D eigenvalue weighted by Gasteiger charge is -2.25. The summed E-state index contributed by atoms with van der Waals surface area (Å²) in [6, 6.07) is 46.6. The molecule has 0 atom stereocenters. The van der Waals surface area contributed by atoms with Gasteiger partial charge in [0, 0.05) is 41.9 Å². The highest BCUT2D eigenvalue weighted by Crippen LogP contribution is 2.53. The van der Waals surface area contributed by atoms with Gasteiger partial charge in [0.05, 0.1) is 11.2 Å². The van der Waals surface area contributed by atoms with E-state index in [9.17, 15) is 0 Å². The molecule has 0 aliphatic heterocycles. The number of fused-ring (bicyclic) bond motifs is 10. The van der Waals surface area contributed by atoms with Crippen molar-refractivity contribution >= 4 is 53.2 Å². The van der Waals surface area contributed by atoms with E-state index in [-0.39, 0.29) is 5.41 Å². The molecule has 0 saturated carbocycles. The van der Waals surface area contributed by atoms with E-state index in [0.717, 1.165) is 16.8 Å². The average molecular weight is 554 g/mol. The summed E-state index contributed by atoms with van der Waals surface area (Å²) in [6.07, 6.45) is 0. The van der Waals surface area contributed by atoms with E-state index in [2.05, 4.69) is 141 Å². The Hall–Kier alpha value is -4.79. The Kier molecular flexibility index (Phi) is 4.89. The SMILES string of the molecule is CC1(C)c2ccccc2-c2ccc3c(c(-c4cccc(-c5cccc6c5sc5ccccc56)c4)nc4ccccc43)c21. The van der Waals surface area contributed by atoms with Crippen LogP contribution in [0.2, 0.25) is 0 Å². The van der Waals surface area contributed by atoms with Crippen LogP contribution in [-0.4, -0.2) is 4.98 Å². The number of hydrogen-bond donors (Lipinski definition) is 0. The van der Waals surface area contributed by atoms with Crippen LogP contribution in [0.15, 0.2) is 127 Å². The number of benzene rings is 6. The van der Waals surface area contributed by atoms with E-state index in [0.29, 0.717) is 0 Å². The highest BCUT2D eigenvalue weighted by atomic mass is 32.1. The van der Waals surface area contributed by atoms with Crippen LogP contribution in [0, 0.1) is 0 Å². The summed E-state index contributed by atoms with van der Waals surface area (Å²) >= 11 is 1.88. The van der Waals surface area contributed by atoms with Crippen LogP contribution in [-0.2, 0) is 5.41 Å². The standard InChI is InChI=1S/C40H27NS/c1-40(2)33-18-6-3-13-27(33)31-22-21-30-28-14-4-7-19-34(28)41-38(36(30)37(31)40)25-12-9-11-24(23-25)26-16-10-17-32-29-15-5-8-20-35(29)42-39(26)32/h3-23H,1-2H3. The van der Waals surface area contributed by atoms with Gasteiger partial charge in [-0.25, -0.2) is 4.98 Å². The summed E-state index contributed by atoms with van der Waals surface area (Å²) in [5.41, 5.74) is 11.0. The summed E-state index contributed by atoms with van der Waals surface area (Å²) in [4.78, 5) is 5.41. The second-order valence-electron chi connectivity index (χ2n) is 11.9. The topological polar surface area (TPSA) is 12.9 Å². The average Bonchev–Trinajstić information content (AvgIpc) is 3.53. The fraction of sp³-hybridized carbons (Fsp3) is 0.0750. The first-order chi connectivity index (χ1) is 20.6. The first kappa shape index (κ1) is 23.9. The lowest BCUT2D eigenvalue weighted by molar-refractivity contribution is 0.666. The molecule has 8 aromatic rings. The first-order valence-electron chi connectivity index (χ1n) is 14.6. The summed E-state index contributed by atoms with van der Waals surface area (Å²) in [6.45, 7) is 4.74. The first-order valence-corrected chi connectivity index (χ1v) is 15.4. The predicted octanol–water partition coefficient (Wildman–Crippen LogP) is 11.4. The smallest absolute Gasteiger partial charge is 0.0791 e. The van der Waals surface area contributed by atoms with Gasteiger partial charge >= 0.3 is 0 Å². The minimum absolute atomic E-state index is 0.134.